The summed E-state index contributed by atoms with van der Waals surface area (Å²) in [5.74, 6) is 0.623. The van der Waals surface area contributed by atoms with Crippen LogP contribution in [0.4, 0.5) is 5.82 Å². The van der Waals surface area contributed by atoms with Crippen molar-refractivity contribution in [1.82, 2.24) is 25.3 Å². The lowest BCUT2D eigenvalue weighted by Crippen LogP contribution is -2.53. The van der Waals surface area contributed by atoms with Crippen LogP contribution in [-0.2, 0) is 4.79 Å². The van der Waals surface area contributed by atoms with E-state index in [0.29, 0.717) is 6.54 Å². The normalized spacial score (nSPS) is 18.5. The number of hydrogen-bond donors (Lipinski definition) is 2. The summed E-state index contributed by atoms with van der Waals surface area (Å²) >= 11 is 0. The standard InChI is InChI=1S/C15H19N7O/c1-21(15-12-5-7-17-14(12)18-10-19-15)22-8-2-3-11(9-22)20-13(23)4-6-16/h5,7,10-11H,2-4,8-9H2,1H3,(H,20,23)(H,17,18,19). The maximum Gasteiger partial charge on any atom is 0.234 e. The molecule has 0 spiro atoms. The van der Waals surface area contributed by atoms with Crippen molar-refractivity contribution in [3.8, 4) is 6.07 Å². The first-order valence-electron chi connectivity index (χ1n) is 7.62. The smallest absolute Gasteiger partial charge is 0.234 e. The van der Waals surface area contributed by atoms with Crippen molar-refractivity contribution in [2.45, 2.75) is 25.3 Å². The van der Waals surface area contributed by atoms with Crippen molar-refractivity contribution >= 4 is 22.8 Å². The Morgan fingerprint density at radius 3 is 3.30 bits per heavy atom. The Balaban J connectivity index is 1.72. The van der Waals surface area contributed by atoms with Gasteiger partial charge >= 0.3 is 0 Å². The van der Waals surface area contributed by atoms with Gasteiger partial charge in [0, 0.05) is 32.4 Å². The largest absolute Gasteiger partial charge is 0.351 e. The predicted octanol–water partition coefficient (Wildman–Crippen LogP) is 0.803. The van der Waals surface area contributed by atoms with Gasteiger partial charge in [-0.3, -0.25) is 9.80 Å². The van der Waals surface area contributed by atoms with Crippen LogP contribution in [-0.4, -0.2) is 52.0 Å². The zero-order chi connectivity index (χ0) is 16.2. The molecule has 1 unspecified atom stereocenters. The topological polar surface area (TPSA) is 101 Å². The minimum Gasteiger partial charge on any atom is -0.351 e. The fourth-order valence-corrected chi connectivity index (χ4v) is 2.95. The molecule has 0 radical (unpaired) electrons. The average Bonchev–Trinajstić information content (AvgIpc) is 3.03. The minimum atomic E-state index is -0.211. The Hall–Kier alpha value is -2.66. The van der Waals surface area contributed by atoms with Crippen LogP contribution in [0.1, 0.15) is 19.3 Å². The van der Waals surface area contributed by atoms with E-state index in [0.717, 1.165) is 36.2 Å². The van der Waals surface area contributed by atoms with E-state index in [9.17, 15) is 4.79 Å². The Bertz CT molecular complexity index is 735. The number of aromatic nitrogens is 3. The van der Waals surface area contributed by atoms with E-state index in [1.165, 1.54) is 0 Å². The van der Waals surface area contributed by atoms with Crippen molar-refractivity contribution in [2.24, 2.45) is 0 Å². The number of amides is 1. The first kappa shape index (κ1) is 15.2. The van der Waals surface area contributed by atoms with E-state index in [4.69, 9.17) is 5.26 Å². The third-order valence-corrected chi connectivity index (χ3v) is 4.07. The van der Waals surface area contributed by atoms with Gasteiger partial charge in [0.2, 0.25) is 5.91 Å². The first-order chi connectivity index (χ1) is 11.2. The van der Waals surface area contributed by atoms with E-state index in [1.807, 2.05) is 30.4 Å². The number of fused-ring (bicyclic) bond motifs is 1. The lowest BCUT2D eigenvalue weighted by Gasteiger charge is -2.39. The lowest BCUT2D eigenvalue weighted by atomic mass is 10.1. The molecule has 0 aromatic carbocycles. The Kier molecular flexibility index (Phi) is 4.39. The van der Waals surface area contributed by atoms with E-state index < -0.39 is 0 Å². The number of hydrazine groups is 1. The molecule has 2 N–H and O–H groups in total. The number of nitriles is 1. The number of carbonyl (C=O) groups is 1. The molecule has 0 saturated carbocycles. The lowest BCUT2D eigenvalue weighted by molar-refractivity contribution is -0.121. The molecule has 0 bridgehead atoms. The van der Waals surface area contributed by atoms with Gasteiger partial charge in [-0.15, -0.1) is 0 Å². The molecular formula is C15H19N7O. The molecule has 3 heterocycles. The van der Waals surface area contributed by atoms with Crippen LogP contribution in [0.15, 0.2) is 18.6 Å². The first-order valence-corrected chi connectivity index (χ1v) is 7.62. The number of aromatic amines is 1. The molecule has 1 atom stereocenters. The molecule has 3 rings (SSSR count). The number of nitrogens with zero attached hydrogens (tertiary/aromatic N) is 5. The summed E-state index contributed by atoms with van der Waals surface area (Å²) in [6, 6.07) is 3.88. The van der Waals surface area contributed by atoms with Gasteiger partial charge < -0.3 is 10.3 Å². The number of nitrogens with one attached hydrogen (secondary N) is 2. The number of carbonyl (C=O) groups excluding carboxylic acids is 1. The monoisotopic (exact) mass is 313 g/mol. The van der Waals surface area contributed by atoms with Crippen molar-refractivity contribution in [3.63, 3.8) is 0 Å². The highest BCUT2D eigenvalue weighted by Gasteiger charge is 2.25. The van der Waals surface area contributed by atoms with Gasteiger partial charge in [0.05, 0.1) is 11.5 Å². The van der Waals surface area contributed by atoms with Gasteiger partial charge in [0.1, 0.15) is 18.4 Å². The summed E-state index contributed by atoms with van der Waals surface area (Å²) in [5, 5.41) is 16.6. The molecule has 8 heteroatoms. The molecule has 2 aromatic heterocycles. The number of H-pyrrole nitrogens is 1. The van der Waals surface area contributed by atoms with E-state index in [-0.39, 0.29) is 18.4 Å². The molecule has 23 heavy (non-hydrogen) atoms. The molecule has 8 nitrogen and oxygen atoms in total. The van der Waals surface area contributed by atoms with E-state index >= 15 is 0 Å². The van der Waals surface area contributed by atoms with Crippen LogP contribution in [0.2, 0.25) is 0 Å². The van der Waals surface area contributed by atoms with Crippen LogP contribution in [0, 0.1) is 11.3 Å². The van der Waals surface area contributed by atoms with Crippen LogP contribution in [0.25, 0.3) is 11.0 Å². The molecule has 1 aliphatic rings. The minimum absolute atomic E-state index is 0.0515. The zero-order valence-corrected chi connectivity index (χ0v) is 13.0. The second-order valence-electron chi connectivity index (χ2n) is 5.62. The highest BCUT2D eigenvalue weighted by atomic mass is 16.1. The number of rotatable bonds is 4. The number of anilines is 1. The second-order valence-corrected chi connectivity index (χ2v) is 5.62. The summed E-state index contributed by atoms with van der Waals surface area (Å²) in [6.45, 7) is 1.60. The summed E-state index contributed by atoms with van der Waals surface area (Å²) in [5.41, 5.74) is 0.803. The van der Waals surface area contributed by atoms with Gasteiger partial charge in [0.15, 0.2) is 5.82 Å². The summed E-state index contributed by atoms with van der Waals surface area (Å²) < 4.78 is 0. The highest BCUT2D eigenvalue weighted by Crippen LogP contribution is 2.23. The Labute approximate surface area is 134 Å². The Morgan fingerprint density at radius 2 is 2.48 bits per heavy atom. The molecule has 120 valence electrons. The number of piperidine rings is 1. The number of hydrogen-bond acceptors (Lipinski definition) is 6. The zero-order valence-electron chi connectivity index (χ0n) is 13.0. The van der Waals surface area contributed by atoms with Gasteiger partial charge in [-0.2, -0.15) is 5.26 Å². The van der Waals surface area contributed by atoms with Gasteiger partial charge in [-0.05, 0) is 18.9 Å². The van der Waals surface area contributed by atoms with Crippen LogP contribution in [0.3, 0.4) is 0 Å². The third kappa shape index (κ3) is 3.24. The van der Waals surface area contributed by atoms with Crippen molar-refractivity contribution in [1.29, 1.82) is 5.26 Å². The maximum atomic E-state index is 11.6. The summed E-state index contributed by atoms with van der Waals surface area (Å²) in [7, 11) is 1.97. The van der Waals surface area contributed by atoms with E-state index in [2.05, 4.69) is 25.3 Å². The molecule has 1 amide bonds. The quantitative estimate of drug-likeness (QED) is 0.866. The van der Waals surface area contributed by atoms with Gasteiger partial charge in [0.25, 0.3) is 0 Å². The third-order valence-electron chi connectivity index (χ3n) is 4.07. The molecule has 0 aliphatic carbocycles. The average molecular weight is 313 g/mol. The fourth-order valence-electron chi connectivity index (χ4n) is 2.95. The predicted molar refractivity (Wildman–Crippen MR) is 85.3 cm³/mol. The molecule has 1 aliphatic heterocycles. The highest BCUT2D eigenvalue weighted by molar-refractivity contribution is 5.86. The Morgan fingerprint density at radius 1 is 1.61 bits per heavy atom. The molecule has 1 saturated heterocycles. The molecule has 2 aromatic rings. The maximum absolute atomic E-state index is 11.6. The fraction of sp³-hybridized carbons (Fsp3) is 0.467. The van der Waals surface area contributed by atoms with Crippen molar-refractivity contribution in [3.05, 3.63) is 18.6 Å². The van der Waals surface area contributed by atoms with Gasteiger partial charge in [-0.1, -0.05) is 0 Å². The summed E-state index contributed by atoms with van der Waals surface area (Å²) in [6.07, 6.45) is 5.19. The van der Waals surface area contributed by atoms with Crippen molar-refractivity contribution < 1.29 is 4.79 Å². The summed E-state index contributed by atoms with van der Waals surface area (Å²) in [4.78, 5) is 23.3. The molecule has 1 fully saturated rings. The van der Waals surface area contributed by atoms with Gasteiger partial charge in [-0.25, -0.2) is 15.0 Å². The van der Waals surface area contributed by atoms with Crippen LogP contribution < -0.4 is 10.3 Å². The van der Waals surface area contributed by atoms with Crippen molar-refractivity contribution in [2.75, 3.05) is 25.1 Å². The van der Waals surface area contributed by atoms with Crippen LogP contribution >= 0.6 is 0 Å². The van der Waals surface area contributed by atoms with Crippen LogP contribution in [0.5, 0.6) is 0 Å². The molecular weight excluding hydrogens is 294 g/mol. The van der Waals surface area contributed by atoms with E-state index in [1.54, 1.807) is 6.33 Å². The second kappa shape index (κ2) is 6.62. The SMILES string of the molecule is CN(c1ncnc2[nH]ccc12)N1CCCC(NC(=O)CC#N)C1.